The third kappa shape index (κ3) is 3.46. The molecular formula is C22H24N4O2S2. The molecule has 156 valence electrons. The highest BCUT2D eigenvalue weighted by atomic mass is 32.2. The molecule has 0 saturated carbocycles. The Morgan fingerprint density at radius 3 is 2.97 bits per heavy atom. The maximum atomic E-state index is 13.4. The predicted octanol–water partition coefficient (Wildman–Crippen LogP) is 4.23. The Kier molecular flexibility index (Phi) is 5.39. The van der Waals surface area contributed by atoms with Crippen LogP contribution < -0.4 is 5.56 Å². The number of thiophene rings is 1. The summed E-state index contributed by atoms with van der Waals surface area (Å²) < 4.78 is 9.11. The van der Waals surface area contributed by atoms with Crippen molar-refractivity contribution >= 4 is 39.0 Å². The summed E-state index contributed by atoms with van der Waals surface area (Å²) >= 11 is 3.27. The van der Waals surface area contributed by atoms with Crippen LogP contribution in [0.3, 0.4) is 0 Å². The van der Waals surface area contributed by atoms with Crippen LogP contribution in [0, 0.1) is 6.92 Å². The Labute approximate surface area is 182 Å². The minimum Gasteiger partial charge on any atom is -0.383 e. The summed E-state index contributed by atoms with van der Waals surface area (Å²) in [7, 11) is 1.66. The zero-order chi connectivity index (χ0) is 20.7. The molecule has 4 heterocycles. The van der Waals surface area contributed by atoms with Gasteiger partial charge in [0.05, 0.1) is 24.2 Å². The van der Waals surface area contributed by atoms with Crippen LogP contribution in [0.5, 0.6) is 0 Å². The van der Waals surface area contributed by atoms with Gasteiger partial charge in [-0.3, -0.25) is 9.36 Å². The maximum Gasteiger partial charge on any atom is 0.263 e. The number of pyridine rings is 1. The van der Waals surface area contributed by atoms with Crippen LogP contribution >= 0.6 is 23.1 Å². The number of aromatic nitrogens is 4. The fourth-order valence-electron chi connectivity index (χ4n) is 4.12. The zero-order valence-corrected chi connectivity index (χ0v) is 18.8. The largest absolute Gasteiger partial charge is 0.383 e. The third-order valence-electron chi connectivity index (χ3n) is 5.64. The Balaban J connectivity index is 1.53. The van der Waals surface area contributed by atoms with Crippen molar-refractivity contribution in [3.8, 4) is 0 Å². The van der Waals surface area contributed by atoms with E-state index in [1.54, 1.807) is 34.8 Å². The summed E-state index contributed by atoms with van der Waals surface area (Å²) in [5, 5.41) is 1.58. The third-order valence-corrected chi connectivity index (χ3v) is 7.83. The molecule has 0 aliphatic heterocycles. The summed E-state index contributed by atoms with van der Waals surface area (Å²) in [4.78, 5) is 25.4. The van der Waals surface area contributed by atoms with Gasteiger partial charge >= 0.3 is 0 Å². The lowest BCUT2D eigenvalue weighted by Crippen LogP contribution is -2.25. The minimum atomic E-state index is 0.0739. The first-order valence-electron chi connectivity index (χ1n) is 10.3. The van der Waals surface area contributed by atoms with Gasteiger partial charge in [0.15, 0.2) is 5.16 Å². The van der Waals surface area contributed by atoms with E-state index < -0.39 is 0 Å². The number of nitrogens with zero attached hydrogens (tertiary/aromatic N) is 4. The fraction of sp³-hybridized carbons (Fsp3) is 0.409. The topological polar surface area (TPSA) is 61.4 Å². The van der Waals surface area contributed by atoms with Gasteiger partial charge in [0.25, 0.3) is 5.56 Å². The number of thioether (sulfide) groups is 1. The van der Waals surface area contributed by atoms with E-state index in [-0.39, 0.29) is 5.56 Å². The Bertz CT molecular complexity index is 1290. The molecule has 8 heteroatoms. The maximum absolute atomic E-state index is 13.4. The molecule has 0 unspecified atom stereocenters. The first kappa shape index (κ1) is 19.8. The van der Waals surface area contributed by atoms with Gasteiger partial charge in [-0.1, -0.05) is 17.8 Å². The Morgan fingerprint density at radius 2 is 2.13 bits per heavy atom. The van der Waals surface area contributed by atoms with Crippen LogP contribution in [0.15, 0.2) is 34.5 Å². The molecule has 0 fully saturated rings. The quantitative estimate of drug-likeness (QED) is 0.332. The first-order chi connectivity index (χ1) is 14.7. The second kappa shape index (κ2) is 8.17. The number of ether oxygens (including phenoxy) is 1. The molecule has 6 nitrogen and oxygen atoms in total. The van der Waals surface area contributed by atoms with Crippen molar-refractivity contribution in [3.05, 3.63) is 56.6 Å². The fourth-order valence-corrected chi connectivity index (χ4v) is 6.33. The molecular weight excluding hydrogens is 416 g/mol. The molecule has 4 aromatic heterocycles. The average molecular weight is 441 g/mol. The van der Waals surface area contributed by atoms with Crippen molar-refractivity contribution in [2.75, 3.05) is 13.7 Å². The summed E-state index contributed by atoms with van der Waals surface area (Å²) in [6, 6.07) is 4.09. The smallest absolute Gasteiger partial charge is 0.263 e. The molecule has 4 aromatic rings. The summed E-state index contributed by atoms with van der Waals surface area (Å²) in [5.74, 6) is 0.664. The van der Waals surface area contributed by atoms with Crippen molar-refractivity contribution in [1.29, 1.82) is 0 Å². The van der Waals surface area contributed by atoms with Crippen molar-refractivity contribution in [1.82, 2.24) is 18.9 Å². The number of hydrogen-bond acceptors (Lipinski definition) is 6. The van der Waals surface area contributed by atoms with Crippen molar-refractivity contribution < 1.29 is 4.74 Å². The number of methoxy groups -OCH3 is 1. The number of hydrogen-bond donors (Lipinski definition) is 0. The van der Waals surface area contributed by atoms with E-state index in [9.17, 15) is 4.79 Å². The van der Waals surface area contributed by atoms with E-state index in [0.29, 0.717) is 18.9 Å². The van der Waals surface area contributed by atoms with Crippen LogP contribution in [-0.2, 0) is 29.9 Å². The molecule has 5 rings (SSSR count). The molecule has 0 radical (unpaired) electrons. The van der Waals surface area contributed by atoms with Crippen molar-refractivity contribution in [2.45, 2.75) is 50.1 Å². The first-order valence-corrected chi connectivity index (χ1v) is 12.1. The van der Waals surface area contributed by atoms with Crippen LogP contribution in [0.25, 0.3) is 15.9 Å². The van der Waals surface area contributed by atoms with E-state index >= 15 is 0 Å². The van der Waals surface area contributed by atoms with Gasteiger partial charge in [0.2, 0.25) is 0 Å². The Hall–Kier alpha value is -2.16. The predicted molar refractivity (Wildman–Crippen MR) is 122 cm³/mol. The van der Waals surface area contributed by atoms with Crippen LogP contribution in [0.2, 0.25) is 0 Å². The molecule has 0 N–H and O–H groups in total. The number of aryl methyl sites for hydroxylation is 3. The summed E-state index contributed by atoms with van der Waals surface area (Å²) in [6.45, 7) is 3.06. The van der Waals surface area contributed by atoms with Gasteiger partial charge in [0, 0.05) is 30.1 Å². The molecule has 30 heavy (non-hydrogen) atoms. The number of imidazole rings is 1. The highest BCUT2D eigenvalue weighted by Gasteiger charge is 2.22. The molecule has 0 amide bonds. The van der Waals surface area contributed by atoms with Crippen LogP contribution in [-0.4, -0.2) is 32.7 Å². The lowest BCUT2D eigenvalue weighted by molar-refractivity contribution is 0.183. The summed E-state index contributed by atoms with van der Waals surface area (Å²) in [6.07, 6.45) is 8.47. The summed E-state index contributed by atoms with van der Waals surface area (Å²) in [5.41, 5.74) is 4.41. The highest BCUT2D eigenvalue weighted by molar-refractivity contribution is 7.98. The van der Waals surface area contributed by atoms with Gasteiger partial charge in [-0.25, -0.2) is 9.97 Å². The van der Waals surface area contributed by atoms with Crippen molar-refractivity contribution in [3.63, 3.8) is 0 Å². The van der Waals surface area contributed by atoms with Crippen LogP contribution in [0.4, 0.5) is 0 Å². The average Bonchev–Trinajstić information content (AvgIpc) is 3.33. The van der Waals surface area contributed by atoms with Gasteiger partial charge in [-0.15, -0.1) is 11.3 Å². The standard InChI is InChI=1S/C22H24N4O2S2/c1-14-6-5-9-25-12-15(23-19(14)25)13-29-22-24-20-18(21(27)26(22)10-11-28-2)16-7-3-4-8-17(16)30-20/h5-6,9,12H,3-4,7-8,10-11,13H2,1-2H3. The molecule has 0 saturated heterocycles. The Morgan fingerprint density at radius 1 is 1.27 bits per heavy atom. The van der Waals surface area contributed by atoms with E-state index in [0.717, 1.165) is 51.5 Å². The van der Waals surface area contributed by atoms with Crippen molar-refractivity contribution in [2.24, 2.45) is 0 Å². The van der Waals surface area contributed by atoms with Gasteiger partial charge in [-0.05, 0) is 49.8 Å². The lowest BCUT2D eigenvalue weighted by atomic mass is 9.97. The SMILES string of the molecule is COCCn1c(SCc2cn3cccc(C)c3n2)nc2sc3c(c2c1=O)CCCC3. The lowest BCUT2D eigenvalue weighted by Gasteiger charge is -2.13. The second-order valence-corrected chi connectivity index (χ2v) is 9.70. The highest BCUT2D eigenvalue weighted by Crippen LogP contribution is 2.35. The van der Waals surface area contributed by atoms with E-state index in [1.165, 1.54) is 16.9 Å². The number of fused-ring (bicyclic) bond motifs is 4. The molecule has 1 aliphatic rings. The van der Waals surface area contributed by atoms with E-state index in [2.05, 4.69) is 19.2 Å². The van der Waals surface area contributed by atoms with E-state index in [1.807, 2.05) is 16.7 Å². The monoisotopic (exact) mass is 440 g/mol. The van der Waals surface area contributed by atoms with Crippen LogP contribution in [0.1, 0.15) is 34.5 Å². The molecule has 0 spiro atoms. The second-order valence-electron chi connectivity index (χ2n) is 7.68. The molecule has 1 aliphatic carbocycles. The van der Waals surface area contributed by atoms with Gasteiger partial charge in [0.1, 0.15) is 10.5 Å². The normalized spacial score (nSPS) is 13.9. The number of rotatable bonds is 6. The molecule has 0 atom stereocenters. The minimum absolute atomic E-state index is 0.0739. The van der Waals surface area contributed by atoms with Gasteiger partial charge in [-0.2, -0.15) is 0 Å². The van der Waals surface area contributed by atoms with E-state index in [4.69, 9.17) is 14.7 Å². The van der Waals surface area contributed by atoms with Gasteiger partial charge < -0.3 is 9.14 Å². The molecule has 0 aromatic carbocycles. The molecule has 0 bridgehead atoms. The zero-order valence-electron chi connectivity index (χ0n) is 17.2.